The van der Waals surface area contributed by atoms with Crippen LogP contribution in [0.4, 0.5) is 0 Å². The highest BCUT2D eigenvalue weighted by atomic mass is 32.1. The summed E-state index contributed by atoms with van der Waals surface area (Å²) in [5.74, 6) is 0.862. The maximum absolute atomic E-state index is 12.3. The molecule has 6 nitrogen and oxygen atoms in total. The van der Waals surface area contributed by atoms with Crippen LogP contribution in [0.15, 0.2) is 28.1 Å². The second kappa shape index (κ2) is 7.25. The van der Waals surface area contributed by atoms with Gasteiger partial charge in [0.2, 0.25) is 5.91 Å². The molecular weight excluding hydrogens is 314 g/mol. The lowest BCUT2D eigenvalue weighted by atomic mass is 10.1. The van der Waals surface area contributed by atoms with Gasteiger partial charge in [-0.3, -0.25) is 9.69 Å². The number of likely N-dealkylation sites (tertiary alicyclic amines) is 1. The Morgan fingerprint density at radius 2 is 2.30 bits per heavy atom. The van der Waals surface area contributed by atoms with Crippen LogP contribution in [0, 0.1) is 0 Å². The molecule has 1 N–H and O–H groups in total. The lowest BCUT2D eigenvalue weighted by Crippen LogP contribution is -2.44. The molecule has 1 amide bonds. The number of thiophene rings is 1. The van der Waals surface area contributed by atoms with E-state index in [9.17, 15) is 9.90 Å². The van der Waals surface area contributed by atoms with Crippen LogP contribution in [0.25, 0.3) is 10.6 Å². The number of carbonyl (C=O) groups excluding carboxylic acids is 1. The summed E-state index contributed by atoms with van der Waals surface area (Å²) in [6.45, 7) is 2.19. The second-order valence-corrected chi connectivity index (χ2v) is 6.89. The smallest absolute Gasteiger partial charge is 0.236 e. The van der Waals surface area contributed by atoms with Gasteiger partial charge in [0.05, 0.1) is 23.2 Å². The van der Waals surface area contributed by atoms with Gasteiger partial charge in [0.25, 0.3) is 0 Å². The molecule has 0 saturated carbocycles. The fourth-order valence-electron chi connectivity index (χ4n) is 2.70. The van der Waals surface area contributed by atoms with Crippen LogP contribution in [0.1, 0.15) is 18.5 Å². The van der Waals surface area contributed by atoms with Crippen LogP contribution in [-0.2, 0) is 11.3 Å². The number of carbonyl (C=O) groups is 1. The highest BCUT2D eigenvalue weighted by Gasteiger charge is 2.22. The first kappa shape index (κ1) is 16.2. The fourth-order valence-corrected chi connectivity index (χ4v) is 3.37. The summed E-state index contributed by atoms with van der Waals surface area (Å²) in [6, 6.07) is 5.89. The van der Waals surface area contributed by atoms with Gasteiger partial charge in [-0.15, -0.1) is 11.3 Å². The third kappa shape index (κ3) is 4.19. The van der Waals surface area contributed by atoms with Gasteiger partial charge in [0.15, 0.2) is 5.76 Å². The number of amides is 1. The van der Waals surface area contributed by atoms with Crippen molar-refractivity contribution in [2.24, 2.45) is 0 Å². The number of aromatic nitrogens is 1. The predicted octanol–water partition coefficient (Wildman–Crippen LogP) is 1.82. The Bertz CT molecular complexity index is 633. The molecule has 0 aliphatic carbocycles. The molecule has 0 radical (unpaired) electrons. The summed E-state index contributed by atoms with van der Waals surface area (Å²) in [5, 5.41) is 15.6. The van der Waals surface area contributed by atoms with Gasteiger partial charge >= 0.3 is 0 Å². The molecule has 3 heterocycles. The zero-order valence-corrected chi connectivity index (χ0v) is 14.0. The quantitative estimate of drug-likeness (QED) is 0.902. The zero-order valence-electron chi connectivity index (χ0n) is 13.1. The highest BCUT2D eigenvalue weighted by Crippen LogP contribution is 2.25. The van der Waals surface area contributed by atoms with Gasteiger partial charge in [-0.1, -0.05) is 11.2 Å². The van der Waals surface area contributed by atoms with E-state index in [2.05, 4.69) is 5.16 Å². The lowest BCUT2D eigenvalue weighted by molar-refractivity contribution is -0.134. The van der Waals surface area contributed by atoms with Crippen LogP contribution in [-0.4, -0.2) is 58.8 Å². The van der Waals surface area contributed by atoms with E-state index in [1.165, 1.54) is 0 Å². The minimum atomic E-state index is -0.261. The third-order valence-corrected chi connectivity index (χ3v) is 4.86. The molecule has 7 heteroatoms. The zero-order chi connectivity index (χ0) is 16.2. The van der Waals surface area contributed by atoms with E-state index >= 15 is 0 Å². The monoisotopic (exact) mass is 335 g/mol. The molecule has 2 aromatic rings. The number of likely N-dealkylation sites (N-methyl/N-ethyl adjacent to an activating group) is 1. The first-order valence-electron chi connectivity index (χ1n) is 7.75. The van der Waals surface area contributed by atoms with Crippen molar-refractivity contribution < 1.29 is 14.4 Å². The largest absolute Gasteiger partial charge is 0.393 e. The number of aliphatic hydroxyl groups is 1. The van der Waals surface area contributed by atoms with Crippen molar-refractivity contribution >= 4 is 17.2 Å². The summed E-state index contributed by atoms with van der Waals surface area (Å²) in [5.41, 5.74) is 0.817. The van der Waals surface area contributed by atoms with E-state index < -0.39 is 0 Å². The fraction of sp³-hybridized carbons (Fsp3) is 0.500. The lowest BCUT2D eigenvalue weighted by Gasteiger charge is -2.30. The van der Waals surface area contributed by atoms with Crippen LogP contribution >= 0.6 is 11.3 Å². The van der Waals surface area contributed by atoms with E-state index in [0.717, 1.165) is 16.3 Å². The van der Waals surface area contributed by atoms with Gasteiger partial charge in [0, 0.05) is 25.7 Å². The number of rotatable bonds is 5. The summed E-state index contributed by atoms with van der Waals surface area (Å²) in [6.07, 6.45) is 1.08. The van der Waals surface area contributed by atoms with Crippen molar-refractivity contribution in [3.05, 3.63) is 29.3 Å². The Kier molecular flexibility index (Phi) is 5.09. The van der Waals surface area contributed by atoms with Gasteiger partial charge in [-0.2, -0.15) is 0 Å². The van der Waals surface area contributed by atoms with Gasteiger partial charge in [-0.05, 0) is 31.3 Å². The first-order chi connectivity index (χ1) is 11.1. The molecule has 2 aromatic heterocycles. The minimum absolute atomic E-state index is 0.0985. The average molecular weight is 335 g/mol. The molecule has 1 aliphatic rings. The van der Waals surface area contributed by atoms with Crippen LogP contribution in [0.3, 0.4) is 0 Å². The molecule has 0 spiro atoms. The van der Waals surface area contributed by atoms with Crippen molar-refractivity contribution in [3.63, 3.8) is 0 Å². The number of aliphatic hydroxyl groups excluding tert-OH is 1. The van der Waals surface area contributed by atoms with Crippen molar-refractivity contribution in [3.8, 4) is 10.6 Å². The predicted molar refractivity (Wildman–Crippen MR) is 88.0 cm³/mol. The van der Waals surface area contributed by atoms with Crippen LogP contribution < -0.4 is 0 Å². The average Bonchev–Trinajstić information content (AvgIpc) is 3.18. The Labute approximate surface area is 139 Å². The van der Waals surface area contributed by atoms with Gasteiger partial charge in [0.1, 0.15) is 0 Å². The minimum Gasteiger partial charge on any atom is -0.393 e. The third-order valence-electron chi connectivity index (χ3n) is 3.98. The van der Waals surface area contributed by atoms with Crippen molar-refractivity contribution in [2.45, 2.75) is 25.5 Å². The molecular formula is C16H21N3O3S. The number of piperidine rings is 1. The Morgan fingerprint density at radius 3 is 3.00 bits per heavy atom. The standard InChI is InChI=1S/C16H21N3O3S/c1-18(11-16(21)19-6-4-13(20)5-7-19)10-12-9-14(22-17-12)15-3-2-8-23-15/h2-3,8-9,13,20H,4-7,10-11H2,1H3. The molecule has 23 heavy (non-hydrogen) atoms. The molecule has 0 atom stereocenters. The second-order valence-electron chi connectivity index (χ2n) is 5.94. The first-order valence-corrected chi connectivity index (χ1v) is 8.63. The van der Waals surface area contributed by atoms with Crippen molar-refractivity contribution in [1.29, 1.82) is 0 Å². The van der Waals surface area contributed by atoms with Crippen molar-refractivity contribution in [1.82, 2.24) is 15.0 Å². The molecule has 0 unspecified atom stereocenters. The van der Waals surface area contributed by atoms with E-state index in [1.807, 2.05) is 40.4 Å². The highest BCUT2D eigenvalue weighted by molar-refractivity contribution is 7.13. The van der Waals surface area contributed by atoms with E-state index in [0.29, 0.717) is 39.0 Å². The molecule has 1 saturated heterocycles. The summed E-state index contributed by atoms with van der Waals surface area (Å²) in [7, 11) is 1.90. The summed E-state index contributed by atoms with van der Waals surface area (Å²) >= 11 is 1.61. The Hall–Kier alpha value is -1.70. The normalized spacial score (nSPS) is 16.2. The number of hydrogen-bond acceptors (Lipinski definition) is 6. The number of nitrogens with zero attached hydrogens (tertiary/aromatic N) is 3. The van der Waals surface area contributed by atoms with Gasteiger partial charge in [-0.25, -0.2) is 0 Å². The maximum Gasteiger partial charge on any atom is 0.236 e. The Morgan fingerprint density at radius 1 is 1.52 bits per heavy atom. The molecule has 0 aromatic carbocycles. The molecule has 0 bridgehead atoms. The van der Waals surface area contributed by atoms with E-state index in [-0.39, 0.29) is 12.0 Å². The Balaban J connectivity index is 1.51. The SMILES string of the molecule is CN(CC(=O)N1CCC(O)CC1)Cc1cc(-c2cccs2)on1. The van der Waals surface area contributed by atoms with Gasteiger partial charge < -0.3 is 14.5 Å². The van der Waals surface area contributed by atoms with E-state index in [4.69, 9.17) is 4.52 Å². The topological polar surface area (TPSA) is 69.8 Å². The molecule has 124 valence electrons. The maximum atomic E-state index is 12.3. The van der Waals surface area contributed by atoms with Crippen LogP contribution in [0.2, 0.25) is 0 Å². The molecule has 3 rings (SSSR count). The molecule has 1 aliphatic heterocycles. The van der Waals surface area contributed by atoms with E-state index in [1.54, 1.807) is 11.3 Å². The number of hydrogen-bond donors (Lipinski definition) is 1. The van der Waals surface area contributed by atoms with Crippen molar-refractivity contribution in [2.75, 3.05) is 26.7 Å². The summed E-state index contributed by atoms with van der Waals surface area (Å²) in [4.78, 5) is 17.1. The molecule has 1 fully saturated rings. The summed E-state index contributed by atoms with van der Waals surface area (Å²) < 4.78 is 5.35. The van der Waals surface area contributed by atoms with Crippen LogP contribution in [0.5, 0.6) is 0 Å².